The summed E-state index contributed by atoms with van der Waals surface area (Å²) in [5, 5.41) is 0. The third kappa shape index (κ3) is 1.75. The molecule has 1 aliphatic heterocycles. The van der Waals surface area contributed by atoms with Crippen LogP contribution in [0.4, 0.5) is 0 Å². The molecule has 0 N–H and O–H groups in total. The highest BCUT2D eigenvalue weighted by Crippen LogP contribution is 2.38. The molecule has 0 spiro atoms. The van der Waals surface area contributed by atoms with Gasteiger partial charge in [-0.1, -0.05) is 20.8 Å². The lowest BCUT2D eigenvalue weighted by Gasteiger charge is -2.26. The van der Waals surface area contributed by atoms with Crippen molar-refractivity contribution < 1.29 is 8.42 Å². The van der Waals surface area contributed by atoms with Gasteiger partial charge >= 0.3 is 0 Å². The molecule has 0 aromatic heterocycles. The van der Waals surface area contributed by atoms with Crippen molar-refractivity contribution >= 4 is 9.84 Å². The van der Waals surface area contributed by atoms with Gasteiger partial charge in [-0.15, -0.1) is 0 Å². The van der Waals surface area contributed by atoms with Gasteiger partial charge in [0, 0.05) is 0 Å². The Morgan fingerprint density at radius 2 is 1.91 bits per heavy atom. The normalized spacial score (nSPS) is 36.4. The van der Waals surface area contributed by atoms with Gasteiger partial charge in [0.2, 0.25) is 0 Å². The van der Waals surface area contributed by atoms with Crippen LogP contribution in [0.5, 0.6) is 0 Å². The first-order valence-electron chi connectivity index (χ1n) is 4.06. The van der Waals surface area contributed by atoms with Gasteiger partial charge in [0.05, 0.1) is 11.5 Å². The Bertz CT molecular complexity index is 241. The van der Waals surface area contributed by atoms with Gasteiger partial charge in [-0.3, -0.25) is 0 Å². The number of rotatable bonds is 1. The molecule has 1 aliphatic rings. The molecular weight excluding hydrogens is 160 g/mol. The van der Waals surface area contributed by atoms with Gasteiger partial charge in [0.1, 0.15) is 0 Å². The maximum absolute atomic E-state index is 11.2. The fourth-order valence-corrected chi connectivity index (χ4v) is 3.89. The van der Waals surface area contributed by atoms with E-state index in [1.807, 2.05) is 0 Å². The average Bonchev–Trinajstić information content (AvgIpc) is 2.08. The third-order valence-corrected chi connectivity index (χ3v) is 4.85. The molecule has 1 atom stereocenters. The van der Waals surface area contributed by atoms with Crippen LogP contribution < -0.4 is 0 Å². The Morgan fingerprint density at radius 1 is 1.36 bits per heavy atom. The van der Waals surface area contributed by atoms with Gasteiger partial charge < -0.3 is 0 Å². The molecule has 66 valence electrons. The second kappa shape index (κ2) is 2.47. The van der Waals surface area contributed by atoms with Gasteiger partial charge in [-0.2, -0.15) is 0 Å². The highest BCUT2D eigenvalue weighted by molar-refractivity contribution is 7.91. The molecule has 3 heteroatoms. The minimum atomic E-state index is -2.70. The minimum absolute atomic E-state index is 0.0405. The zero-order valence-electron chi connectivity index (χ0n) is 7.42. The van der Waals surface area contributed by atoms with E-state index in [0.717, 1.165) is 6.42 Å². The van der Waals surface area contributed by atoms with Crippen LogP contribution in [0.2, 0.25) is 0 Å². The van der Waals surface area contributed by atoms with E-state index in [4.69, 9.17) is 0 Å². The standard InChI is InChI=1S/C8H16O2S/c1-7(2)8(3)4-5-11(9,10)6-8/h7H,4-6H2,1-3H3/t8-/m1/s1. The predicted molar refractivity (Wildman–Crippen MR) is 46.2 cm³/mol. The Balaban J connectivity index is 2.82. The maximum Gasteiger partial charge on any atom is 0.150 e. The molecule has 0 saturated carbocycles. The van der Waals surface area contributed by atoms with Crippen LogP contribution >= 0.6 is 0 Å². The van der Waals surface area contributed by atoms with Crippen molar-refractivity contribution in [3.63, 3.8) is 0 Å². The molecule has 0 aliphatic carbocycles. The molecular formula is C8H16O2S. The number of sulfone groups is 1. The molecule has 2 nitrogen and oxygen atoms in total. The van der Waals surface area contributed by atoms with Crippen LogP contribution in [0.1, 0.15) is 27.2 Å². The van der Waals surface area contributed by atoms with E-state index in [0.29, 0.717) is 17.4 Å². The molecule has 0 aromatic carbocycles. The van der Waals surface area contributed by atoms with Crippen LogP contribution in [0, 0.1) is 11.3 Å². The molecule has 0 unspecified atom stereocenters. The molecule has 0 radical (unpaired) electrons. The van der Waals surface area contributed by atoms with Crippen LogP contribution in [-0.2, 0) is 9.84 Å². The van der Waals surface area contributed by atoms with Crippen LogP contribution in [-0.4, -0.2) is 19.9 Å². The molecule has 1 rings (SSSR count). The largest absolute Gasteiger partial charge is 0.229 e. The van der Waals surface area contributed by atoms with Gasteiger partial charge in [0.25, 0.3) is 0 Å². The van der Waals surface area contributed by atoms with E-state index < -0.39 is 9.84 Å². The summed E-state index contributed by atoms with van der Waals surface area (Å²) in [6.45, 7) is 6.27. The highest BCUT2D eigenvalue weighted by Gasteiger charge is 2.40. The molecule has 0 aromatic rings. The second-order valence-electron chi connectivity index (χ2n) is 4.15. The quantitative estimate of drug-likeness (QED) is 0.606. The fourth-order valence-electron chi connectivity index (χ4n) is 1.49. The summed E-state index contributed by atoms with van der Waals surface area (Å²) in [5.74, 6) is 1.25. The van der Waals surface area contributed by atoms with Crippen molar-refractivity contribution in [1.29, 1.82) is 0 Å². The van der Waals surface area contributed by atoms with Crippen molar-refractivity contribution in [3.8, 4) is 0 Å². The SMILES string of the molecule is CC(C)[C@]1(C)CCS(=O)(=O)C1. The number of hydrogen-bond donors (Lipinski definition) is 0. The summed E-state index contributed by atoms with van der Waals surface area (Å²) in [7, 11) is -2.70. The lowest BCUT2D eigenvalue weighted by atomic mass is 9.79. The lowest BCUT2D eigenvalue weighted by molar-refractivity contribution is 0.259. The second-order valence-corrected chi connectivity index (χ2v) is 6.33. The van der Waals surface area contributed by atoms with Crippen LogP contribution in [0.3, 0.4) is 0 Å². The van der Waals surface area contributed by atoms with E-state index in [9.17, 15) is 8.42 Å². The van der Waals surface area contributed by atoms with E-state index in [1.165, 1.54) is 0 Å². The smallest absolute Gasteiger partial charge is 0.150 e. The molecule has 1 heterocycles. The van der Waals surface area contributed by atoms with E-state index in [1.54, 1.807) is 0 Å². The Kier molecular flexibility index (Phi) is 2.03. The fraction of sp³-hybridized carbons (Fsp3) is 1.00. The molecule has 11 heavy (non-hydrogen) atoms. The number of hydrogen-bond acceptors (Lipinski definition) is 2. The summed E-state index contributed by atoms with van der Waals surface area (Å²) < 4.78 is 22.3. The zero-order valence-corrected chi connectivity index (χ0v) is 8.24. The summed E-state index contributed by atoms with van der Waals surface area (Å²) in [6.07, 6.45) is 0.840. The Hall–Kier alpha value is -0.0500. The van der Waals surface area contributed by atoms with Gasteiger partial charge in [0.15, 0.2) is 9.84 Å². The summed E-state index contributed by atoms with van der Waals surface area (Å²) in [6, 6.07) is 0. The topological polar surface area (TPSA) is 34.1 Å². The van der Waals surface area contributed by atoms with Gasteiger partial charge in [-0.05, 0) is 17.8 Å². The molecule has 0 amide bonds. The van der Waals surface area contributed by atoms with Crippen molar-refractivity contribution in [2.45, 2.75) is 27.2 Å². The first-order chi connectivity index (χ1) is 4.86. The maximum atomic E-state index is 11.2. The molecule has 0 bridgehead atoms. The monoisotopic (exact) mass is 176 g/mol. The highest BCUT2D eigenvalue weighted by atomic mass is 32.2. The van der Waals surface area contributed by atoms with Crippen molar-refractivity contribution in [2.24, 2.45) is 11.3 Å². The van der Waals surface area contributed by atoms with E-state index in [-0.39, 0.29) is 5.41 Å². The first-order valence-corrected chi connectivity index (χ1v) is 5.88. The minimum Gasteiger partial charge on any atom is -0.229 e. The average molecular weight is 176 g/mol. The Labute approximate surface area is 68.9 Å². The summed E-state index contributed by atoms with van der Waals surface area (Å²) in [4.78, 5) is 0. The Morgan fingerprint density at radius 3 is 2.09 bits per heavy atom. The molecule has 1 saturated heterocycles. The van der Waals surface area contributed by atoms with E-state index >= 15 is 0 Å². The van der Waals surface area contributed by atoms with Crippen molar-refractivity contribution in [2.75, 3.05) is 11.5 Å². The third-order valence-electron chi connectivity index (χ3n) is 2.93. The molecule has 1 fully saturated rings. The van der Waals surface area contributed by atoms with E-state index in [2.05, 4.69) is 20.8 Å². The predicted octanol–water partition coefficient (Wildman–Crippen LogP) is 1.47. The summed E-state index contributed by atoms with van der Waals surface area (Å²) in [5.41, 5.74) is 0.0405. The van der Waals surface area contributed by atoms with Crippen LogP contribution in [0.25, 0.3) is 0 Å². The van der Waals surface area contributed by atoms with Crippen LogP contribution in [0.15, 0.2) is 0 Å². The zero-order chi connectivity index (χ0) is 8.70. The summed E-state index contributed by atoms with van der Waals surface area (Å²) >= 11 is 0. The first kappa shape index (κ1) is 9.04. The van der Waals surface area contributed by atoms with Crippen molar-refractivity contribution in [1.82, 2.24) is 0 Å². The van der Waals surface area contributed by atoms with Gasteiger partial charge in [-0.25, -0.2) is 8.42 Å². The lowest BCUT2D eigenvalue weighted by Crippen LogP contribution is -2.24. The van der Waals surface area contributed by atoms with Crippen molar-refractivity contribution in [3.05, 3.63) is 0 Å².